The molecule has 1 heterocycles. The molecule has 1 aliphatic rings. The third-order valence-electron chi connectivity index (χ3n) is 10.4. The number of rotatable bonds is 39. The molecule has 0 spiro atoms. The molecule has 326 valence electrons. The molecule has 0 bridgehead atoms. The van der Waals surface area contributed by atoms with Crippen LogP contribution < -0.4 is 0 Å². The van der Waals surface area contributed by atoms with Crippen molar-refractivity contribution in [1.82, 2.24) is 4.90 Å². The zero-order valence-corrected chi connectivity index (χ0v) is 36.3. The van der Waals surface area contributed by atoms with Gasteiger partial charge in [0.15, 0.2) is 6.10 Å². The van der Waals surface area contributed by atoms with E-state index in [0.717, 1.165) is 71.0 Å². The second-order valence-corrected chi connectivity index (χ2v) is 15.8. The first kappa shape index (κ1) is 51.5. The highest BCUT2D eigenvalue weighted by molar-refractivity contribution is 5.69. The van der Waals surface area contributed by atoms with Gasteiger partial charge in [-0.25, -0.2) is 9.59 Å². The fraction of sp³-hybridized carbons (Fsp3) is 0.851. The molecule has 0 amide bonds. The molecule has 9 heteroatoms. The highest BCUT2D eigenvalue weighted by Crippen LogP contribution is 2.13. The molecular formula is C47H85NO8. The van der Waals surface area contributed by atoms with Crippen molar-refractivity contribution in [2.24, 2.45) is 0 Å². The monoisotopic (exact) mass is 792 g/mol. The minimum Gasteiger partial charge on any atom is -0.455 e. The number of carbonyl (C=O) groups excluding carboxylic acids is 3. The van der Waals surface area contributed by atoms with Crippen LogP contribution in [-0.2, 0) is 28.5 Å². The van der Waals surface area contributed by atoms with Crippen molar-refractivity contribution in [1.29, 1.82) is 0 Å². The fourth-order valence-electron chi connectivity index (χ4n) is 6.88. The van der Waals surface area contributed by atoms with Crippen LogP contribution in [-0.4, -0.2) is 75.3 Å². The summed E-state index contributed by atoms with van der Waals surface area (Å²) in [6.45, 7) is 7.53. The average Bonchev–Trinajstić information content (AvgIpc) is 3.72. The Balaban J connectivity index is 2.18. The molecule has 0 radical (unpaired) electrons. The minimum absolute atomic E-state index is 0.244. The zero-order chi connectivity index (χ0) is 40.4. The molecule has 1 fully saturated rings. The Kier molecular flexibility index (Phi) is 37.4. The van der Waals surface area contributed by atoms with E-state index in [9.17, 15) is 14.4 Å². The zero-order valence-electron chi connectivity index (χ0n) is 36.3. The maximum Gasteiger partial charge on any atom is 0.508 e. The maximum absolute atomic E-state index is 12.6. The van der Waals surface area contributed by atoms with Crippen LogP contribution in [0.3, 0.4) is 0 Å². The minimum atomic E-state index is -0.935. The summed E-state index contributed by atoms with van der Waals surface area (Å²) < 4.78 is 26.6. The molecular weight excluding hydrogens is 707 g/mol. The Morgan fingerprint density at radius 1 is 0.482 bits per heavy atom. The number of esters is 1. The van der Waals surface area contributed by atoms with E-state index in [1.54, 1.807) is 0 Å². The van der Waals surface area contributed by atoms with Crippen LogP contribution >= 0.6 is 0 Å². The van der Waals surface area contributed by atoms with E-state index in [2.05, 4.69) is 43.1 Å². The molecule has 9 nitrogen and oxygen atoms in total. The second-order valence-electron chi connectivity index (χ2n) is 15.8. The van der Waals surface area contributed by atoms with E-state index in [0.29, 0.717) is 6.42 Å². The van der Waals surface area contributed by atoms with Crippen LogP contribution in [0, 0.1) is 0 Å². The summed E-state index contributed by atoms with van der Waals surface area (Å²) in [7, 11) is 0. The van der Waals surface area contributed by atoms with E-state index in [1.807, 2.05) is 0 Å². The lowest BCUT2D eigenvalue weighted by Crippen LogP contribution is -2.31. The number of likely N-dealkylation sites (tertiary alicyclic amines) is 1. The van der Waals surface area contributed by atoms with Crippen molar-refractivity contribution in [2.45, 2.75) is 213 Å². The van der Waals surface area contributed by atoms with Gasteiger partial charge in [-0.15, -0.1) is 0 Å². The van der Waals surface area contributed by atoms with E-state index in [-0.39, 0.29) is 32.8 Å². The van der Waals surface area contributed by atoms with Gasteiger partial charge < -0.3 is 28.6 Å². The van der Waals surface area contributed by atoms with Crippen molar-refractivity contribution >= 4 is 18.3 Å². The van der Waals surface area contributed by atoms with Crippen LogP contribution in [0.4, 0.5) is 9.59 Å². The molecule has 0 saturated carbocycles. The second kappa shape index (κ2) is 40.6. The summed E-state index contributed by atoms with van der Waals surface area (Å²) in [6.07, 6.45) is 41.2. The van der Waals surface area contributed by atoms with Crippen LogP contribution in [0.15, 0.2) is 24.3 Å². The third kappa shape index (κ3) is 35.8. The number of nitrogens with zero attached hydrogens (tertiary/aromatic N) is 1. The van der Waals surface area contributed by atoms with Crippen molar-refractivity contribution in [3.8, 4) is 0 Å². The number of hydrogen-bond donors (Lipinski definition) is 0. The molecule has 0 aliphatic carbocycles. The molecule has 0 aromatic rings. The molecule has 1 aliphatic heterocycles. The normalized spacial score (nSPS) is 13.3. The summed E-state index contributed by atoms with van der Waals surface area (Å²) in [5, 5.41) is 0. The number of allylic oxidation sites excluding steroid dienone is 4. The van der Waals surface area contributed by atoms with Crippen LogP contribution in [0.2, 0.25) is 0 Å². The van der Waals surface area contributed by atoms with Crippen LogP contribution in [0.5, 0.6) is 0 Å². The first-order chi connectivity index (χ1) is 27.5. The van der Waals surface area contributed by atoms with Gasteiger partial charge in [0.25, 0.3) is 0 Å². The van der Waals surface area contributed by atoms with E-state index >= 15 is 0 Å². The van der Waals surface area contributed by atoms with E-state index < -0.39 is 24.4 Å². The number of hydrogen-bond acceptors (Lipinski definition) is 9. The topological polar surface area (TPSA) is 101 Å². The highest BCUT2D eigenvalue weighted by atomic mass is 16.7. The van der Waals surface area contributed by atoms with Crippen LogP contribution in [0.1, 0.15) is 206 Å². The van der Waals surface area contributed by atoms with E-state index in [4.69, 9.17) is 23.7 Å². The Labute approximate surface area is 343 Å². The lowest BCUT2D eigenvalue weighted by Gasteiger charge is -2.18. The van der Waals surface area contributed by atoms with Gasteiger partial charge in [0, 0.05) is 6.42 Å². The Bertz CT molecular complexity index is 906. The Hall–Kier alpha value is -2.55. The van der Waals surface area contributed by atoms with Crippen LogP contribution in [0.25, 0.3) is 0 Å². The quantitative estimate of drug-likeness (QED) is 0.0261. The van der Waals surface area contributed by atoms with Gasteiger partial charge in [-0.3, -0.25) is 4.79 Å². The van der Waals surface area contributed by atoms with Crippen molar-refractivity contribution in [3.63, 3.8) is 0 Å². The van der Waals surface area contributed by atoms with Gasteiger partial charge in [0.05, 0.1) is 13.2 Å². The maximum atomic E-state index is 12.6. The summed E-state index contributed by atoms with van der Waals surface area (Å²) in [4.78, 5) is 39.5. The molecule has 1 rings (SSSR count). The lowest BCUT2D eigenvalue weighted by atomic mass is 10.1. The molecule has 0 atom stereocenters. The lowest BCUT2D eigenvalue weighted by molar-refractivity contribution is -0.154. The standard InChI is InChI=1S/C47H85NO8/c1-3-5-7-9-11-13-15-17-19-21-23-25-27-29-33-40-52-46(50)54-42-44(56-45(49)36-35-39-48-37-31-32-38-48)43-55-47(51)53-41-34-30-28-26-24-22-20-18-16-14-12-10-8-6-4-2/h15-18,44H,3-14,19-43H2,1-2H3/b17-15-,18-16-. The third-order valence-corrected chi connectivity index (χ3v) is 10.4. The van der Waals surface area contributed by atoms with Crippen molar-refractivity contribution in [2.75, 3.05) is 46.1 Å². The van der Waals surface area contributed by atoms with Gasteiger partial charge in [-0.1, -0.05) is 141 Å². The van der Waals surface area contributed by atoms with Gasteiger partial charge in [0.1, 0.15) is 13.2 Å². The summed E-state index contributed by atoms with van der Waals surface area (Å²) in [5.41, 5.74) is 0. The average molecular weight is 792 g/mol. The van der Waals surface area contributed by atoms with Gasteiger partial charge in [-0.2, -0.15) is 0 Å². The first-order valence-electron chi connectivity index (χ1n) is 23.4. The van der Waals surface area contributed by atoms with Crippen molar-refractivity contribution in [3.05, 3.63) is 24.3 Å². The number of unbranched alkanes of at least 4 members (excludes halogenated alkanes) is 22. The summed E-state index contributed by atoms with van der Waals surface area (Å²) in [5.74, 6) is -0.411. The Morgan fingerprint density at radius 3 is 1.27 bits per heavy atom. The summed E-state index contributed by atoms with van der Waals surface area (Å²) in [6, 6.07) is 0. The SMILES string of the molecule is CCCCCCC/C=C\CCCCCCCCOC(=O)OCC(COC(=O)OCCCCCCCC/C=C\CCCCCCC)OC(=O)CCCN1CCCC1. The predicted molar refractivity (Wildman–Crippen MR) is 229 cm³/mol. The first-order valence-corrected chi connectivity index (χ1v) is 23.4. The van der Waals surface area contributed by atoms with Gasteiger partial charge in [0.2, 0.25) is 0 Å². The smallest absolute Gasteiger partial charge is 0.455 e. The number of carbonyl (C=O) groups is 3. The molecule has 0 N–H and O–H groups in total. The van der Waals surface area contributed by atoms with E-state index in [1.165, 1.54) is 128 Å². The molecule has 0 unspecified atom stereocenters. The molecule has 0 aromatic carbocycles. The largest absolute Gasteiger partial charge is 0.508 e. The fourth-order valence-corrected chi connectivity index (χ4v) is 6.88. The Morgan fingerprint density at radius 2 is 0.857 bits per heavy atom. The molecule has 0 aromatic heterocycles. The van der Waals surface area contributed by atoms with Gasteiger partial charge >= 0.3 is 18.3 Å². The predicted octanol–water partition coefficient (Wildman–Crippen LogP) is 13.4. The highest BCUT2D eigenvalue weighted by Gasteiger charge is 2.21. The molecule has 56 heavy (non-hydrogen) atoms. The molecule has 1 saturated heterocycles. The number of ether oxygens (including phenoxy) is 5. The summed E-state index contributed by atoms with van der Waals surface area (Å²) >= 11 is 0. The van der Waals surface area contributed by atoms with Gasteiger partial charge in [-0.05, 0) is 103 Å². The van der Waals surface area contributed by atoms with Crippen molar-refractivity contribution < 1.29 is 38.1 Å².